The molecule has 2 atom stereocenters. The summed E-state index contributed by atoms with van der Waals surface area (Å²) in [6.45, 7) is 19.0. The number of amides is 7. The van der Waals surface area contributed by atoms with E-state index in [0.29, 0.717) is 22.6 Å². The fraction of sp³-hybridized carbons (Fsp3) is 0.724. The smallest absolute Gasteiger partial charge is 0.424 e. The molecule has 0 aromatic rings. The molecule has 2 unspecified atom stereocenters. The number of likely N-dealkylation sites (tertiary alicyclic amines) is 2. The predicted octanol–water partition coefficient (Wildman–Crippen LogP) is 4.14. The van der Waals surface area contributed by atoms with Crippen molar-refractivity contribution < 1.29 is 43.0 Å². The molecule has 0 bridgehead atoms. The Labute approximate surface area is 248 Å². The first kappa shape index (κ1) is 38.5. The van der Waals surface area contributed by atoms with Gasteiger partial charge in [0, 0.05) is 36.9 Å². The molecule has 2 aliphatic rings. The molecule has 42 heavy (non-hydrogen) atoms. The van der Waals surface area contributed by atoms with Crippen LogP contribution in [0.5, 0.6) is 0 Å². The summed E-state index contributed by atoms with van der Waals surface area (Å²) in [6, 6.07) is -0.393. The van der Waals surface area contributed by atoms with Gasteiger partial charge in [0.15, 0.2) is 0 Å². The van der Waals surface area contributed by atoms with Crippen LogP contribution in [0.4, 0.5) is 9.59 Å². The van der Waals surface area contributed by atoms with Gasteiger partial charge in [-0.3, -0.25) is 24.0 Å². The quantitative estimate of drug-likeness (QED) is 0.341. The van der Waals surface area contributed by atoms with Crippen LogP contribution in [-0.2, 0) is 33.4 Å². The van der Waals surface area contributed by atoms with Crippen molar-refractivity contribution in [1.29, 1.82) is 0 Å². The van der Waals surface area contributed by atoms with Crippen LogP contribution in [0.2, 0.25) is 0 Å². The second kappa shape index (κ2) is 15.7. The van der Waals surface area contributed by atoms with E-state index in [-0.39, 0.29) is 30.6 Å². The number of rotatable bonds is 1. The summed E-state index contributed by atoms with van der Waals surface area (Å²) in [6.07, 6.45) is 1.23. The van der Waals surface area contributed by atoms with E-state index in [1.807, 2.05) is 20.8 Å². The van der Waals surface area contributed by atoms with Gasteiger partial charge >= 0.3 is 12.2 Å². The first-order valence-corrected chi connectivity index (χ1v) is 13.9. The highest BCUT2D eigenvalue weighted by Gasteiger charge is 2.42. The van der Waals surface area contributed by atoms with Crippen LogP contribution in [-0.4, -0.2) is 75.0 Å². The second-order valence-corrected chi connectivity index (χ2v) is 13.0. The molecule has 13 nitrogen and oxygen atoms in total. The van der Waals surface area contributed by atoms with Crippen LogP contribution in [0.25, 0.3) is 0 Å². The minimum absolute atomic E-state index is 0.0648. The summed E-state index contributed by atoms with van der Waals surface area (Å²) in [5.41, 5.74) is 3.90. The van der Waals surface area contributed by atoms with Gasteiger partial charge in [-0.05, 0) is 68.2 Å². The fourth-order valence-corrected chi connectivity index (χ4v) is 3.37. The molecule has 0 spiro atoms. The molecule has 2 fully saturated rings. The van der Waals surface area contributed by atoms with Crippen molar-refractivity contribution in [2.24, 2.45) is 22.1 Å². The predicted molar refractivity (Wildman–Crippen MR) is 155 cm³/mol. The maximum absolute atomic E-state index is 12.0. The van der Waals surface area contributed by atoms with Gasteiger partial charge in [-0.1, -0.05) is 20.8 Å². The zero-order valence-corrected chi connectivity index (χ0v) is 26.9. The Kier molecular flexibility index (Phi) is 14.4. The normalized spacial score (nSPS) is 18.9. The summed E-state index contributed by atoms with van der Waals surface area (Å²) in [5.74, 6) is -2.59. The molecule has 7 amide bonds. The number of hydrogen-bond acceptors (Lipinski definition) is 10. The molecule has 2 aliphatic heterocycles. The lowest BCUT2D eigenvalue weighted by atomic mass is 9.91. The average molecular weight is 597 g/mol. The number of ether oxygens (including phenoxy) is 2. The van der Waals surface area contributed by atoms with E-state index in [0.717, 1.165) is 0 Å². The summed E-state index contributed by atoms with van der Waals surface area (Å²) < 4.78 is 10.0. The van der Waals surface area contributed by atoms with Crippen molar-refractivity contribution in [1.82, 2.24) is 9.80 Å². The van der Waals surface area contributed by atoms with Crippen LogP contribution in [0, 0.1) is 11.3 Å². The zero-order valence-electron chi connectivity index (χ0n) is 26.9. The Morgan fingerprint density at radius 1 is 0.810 bits per heavy atom. The maximum atomic E-state index is 12.0. The highest BCUT2D eigenvalue weighted by Crippen LogP contribution is 2.23. The average Bonchev–Trinajstić information content (AvgIpc) is 2.77. The van der Waals surface area contributed by atoms with Gasteiger partial charge in [0.05, 0.1) is 5.92 Å². The second-order valence-electron chi connectivity index (χ2n) is 13.0. The molecule has 0 aromatic carbocycles. The number of hydrogen-bond donors (Lipinski definition) is 1. The van der Waals surface area contributed by atoms with Crippen molar-refractivity contribution in [2.75, 3.05) is 0 Å². The Morgan fingerprint density at radius 3 is 1.55 bits per heavy atom. The Balaban J connectivity index is 0.000000635. The number of aliphatic imine (C=N–C) groups is 1. The van der Waals surface area contributed by atoms with Crippen molar-refractivity contribution in [3.63, 3.8) is 0 Å². The molecular weight excluding hydrogens is 548 g/mol. The van der Waals surface area contributed by atoms with E-state index in [2.05, 4.69) is 4.99 Å². The van der Waals surface area contributed by atoms with E-state index >= 15 is 0 Å². The zero-order chi connectivity index (χ0) is 33.2. The van der Waals surface area contributed by atoms with Crippen LogP contribution < -0.4 is 5.73 Å². The van der Waals surface area contributed by atoms with E-state index in [1.54, 1.807) is 55.4 Å². The fourth-order valence-electron chi connectivity index (χ4n) is 3.37. The third kappa shape index (κ3) is 13.5. The van der Waals surface area contributed by atoms with Crippen LogP contribution >= 0.6 is 0 Å². The summed E-state index contributed by atoms with van der Waals surface area (Å²) in [4.78, 5) is 85.4. The Morgan fingerprint density at radius 2 is 1.21 bits per heavy atom. The molecule has 2 N–H and O–H groups in total. The molecular formula is C29H48N4O9. The molecule has 0 aromatic heterocycles. The van der Waals surface area contributed by atoms with Gasteiger partial charge < -0.3 is 15.2 Å². The Bertz CT molecular complexity index is 1040. The first-order chi connectivity index (χ1) is 18.9. The monoisotopic (exact) mass is 596 g/mol. The highest BCUT2D eigenvalue weighted by atomic mass is 16.6. The molecule has 0 radical (unpaired) electrons. The largest absolute Gasteiger partial charge is 0.443 e. The highest BCUT2D eigenvalue weighted by molar-refractivity contribution is 6.11. The number of carbonyl (C=O) groups is 7. The van der Waals surface area contributed by atoms with Gasteiger partial charge in [0.1, 0.15) is 11.2 Å². The minimum atomic E-state index is -0.914. The van der Waals surface area contributed by atoms with Gasteiger partial charge in [0.25, 0.3) is 5.91 Å². The van der Waals surface area contributed by atoms with Gasteiger partial charge in [-0.2, -0.15) is 9.80 Å². The van der Waals surface area contributed by atoms with Gasteiger partial charge in [0.2, 0.25) is 23.6 Å². The number of nitrogens with two attached hydrogens (primary N) is 1. The van der Waals surface area contributed by atoms with Crippen molar-refractivity contribution in [2.45, 2.75) is 126 Å². The van der Waals surface area contributed by atoms with Crippen molar-refractivity contribution >= 4 is 47.9 Å². The molecule has 0 aliphatic carbocycles. The van der Waals surface area contributed by atoms with E-state index in [1.165, 1.54) is 6.21 Å². The standard InChI is InChI=1S/C12H20N2O4.C10H15NO4.C7H13NO/c1-7(13)8-5-6-9(15)14(10(8)16)11(17)18-12(2,3)4;1-10(2,3)15-9(14)11-7(12)5-4-6-8(11)13;1-5-8-6(9)7(2,3)4/h7-8H,5-6,13H2,1-4H3;4-6H2,1-3H3;5H,1-4H3. The molecule has 13 heteroatoms. The van der Waals surface area contributed by atoms with Crippen molar-refractivity contribution in [3.05, 3.63) is 0 Å². The van der Waals surface area contributed by atoms with Gasteiger partial charge in [-0.25, -0.2) is 14.6 Å². The lowest BCUT2D eigenvalue weighted by Gasteiger charge is -2.32. The minimum Gasteiger partial charge on any atom is -0.443 e. The third-order valence-electron chi connectivity index (χ3n) is 5.41. The van der Waals surface area contributed by atoms with E-state index in [4.69, 9.17) is 15.2 Å². The lowest BCUT2D eigenvalue weighted by Crippen LogP contribution is -2.53. The SMILES string of the molecule is CC(C)(C)OC(=O)N1C(=O)CCCC1=O.CC(N)C1CCC(=O)N(C(=O)OC(C)(C)C)C1=O.CC=NC(=O)C(C)(C)C. The summed E-state index contributed by atoms with van der Waals surface area (Å²) in [5, 5.41) is 0. The molecule has 0 saturated carbocycles. The lowest BCUT2D eigenvalue weighted by molar-refractivity contribution is -0.151. The first-order valence-electron chi connectivity index (χ1n) is 13.9. The summed E-state index contributed by atoms with van der Waals surface area (Å²) >= 11 is 0. The number of imide groups is 6. The molecule has 2 saturated heterocycles. The third-order valence-corrected chi connectivity index (χ3v) is 5.41. The van der Waals surface area contributed by atoms with Crippen molar-refractivity contribution in [3.8, 4) is 0 Å². The molecule has 238 valence electrons. The number of nitrogens with zero attached hydrogens (tertiary/aromatic N) is 3. The number of carbonyl (C=O) groups excluding carboxylic acids is 7. The number of piperidine rings is 2. The molecule has 2 heterocycles. The van der Waals surface area contributed by atoms with Crippen LogP contribution in [0.3, 0.4) is 0 Å². The summed E-state index contributed by atoms with van der Waals surface area (Å²) in [7, 11) is 0. The maximum Gasteiger partial charge on any atom is 0.424 e. The van der Waals surface area contributed by atoms with Crippen LogP contribution in [0.15, 0.2) is 4.99 Å². The van der Waals surface area contributed by atoms with Crippen LogP contribution in [0.1, 0.15) is 108 Å². The van der Waals surface area contributed by atoms with Gasteiger partial charge in [-0.15, -0.1) is 0 Å². The topological polar surface area (TPSA) is 183 Å². The Hall–Kier alpha value is -3.48. The van der Waals surface area contributed by atoms with E-state index < -0.39 is 59.0 Å². The molecule has 2 rings (SSSR count). The van der Waals surface area contributed by atoms with E-state index in [9.17, 15) is 33.6 Å².